The molecule has 0 radical (unpaired) electrons. The van der Waals surface area contributed by atoms with Crippen molar-refractivity contribution in [3.63, 3.8) is 0 Å². The Morgan fingerprint density at radius 2 is 1.33 bits per heavy atom. The lowest BCUT2D eigenvalue weighted by atomic mass is 9.99. The predicted octanol–water partition coefficient (Wildman–Crippen LogP) is 4.96. The van der Waals surface area contributed by atoms with Gasteiger partial charge in [-0.1, -0.05) is 51.9 Å². The maximum atomic E-state index is 10.6. The third-order valence-corrected chi connectivity index (χ3v) is 4.71. The number of carbonyl (C=O) groups excluding carboxylic acids is 1. The Balaban J connectivity index is 3.68. The molecule has 0 aromatic heterocycles. The first-order chi connectivity index (χ1) is 13.0. The van der Waals surface area contributed by atoms with Gasteiger partial charge in [0.1, 0.15) is 0 Å². The van der Waals surface area contributed by atoms with Gasteiger partial charge < -0.3 is 25.3 Å². The number of ether oxygens (including phenoxy) is 3. The van der Waals surface area contributed by atoms with Crippen molar-refractivity contribution >= 4 is 6.03 Å². The van der Waals surface area contributed by atoms with Gasteiger partial charge in [0, 0.05) is 32.8 Å². The fourth-order valence-corrected chi connectivity index (χ4v) is 3.31. The Hall–Kier alpha value is -0.850. The normalized spacial score (nSPS) is 12.9. The zero-order chi connectivity index (χ0) is 20.4. The smallest absolute Gasteiger partial charge is 0.312 e. The van der Waals surface area contributed by atoms with E-state index < -0.39 is 12.0 Å². The molecular formula is C21H44N2O4. The van der Waals surface area contributed by atoms with Crippen molar-refractivity contribution in [3.8, 4) is 0 Å². The molecular weight excluding hydrogens is 344 g/mol. The van der Waals surface area contributed by atoms with Gasteiger partial charge in [0.15, 0.2) is 0 Å². The number of urea groups is 1. The van der Waals surface area contributed by atoms with Crippen LogP contribution in [0.4, 0.5) is 4.79 Å². The second-order valence-electron chi connectivity index (χ2n) is 7.18. The molecule has 6 nitrogen and oxygen atoms in total. The highest BCUT2D eigenvalue weighted by atomic mass is 16.9. The summed E-state index contributed by atoms with van der Waals surface area (Å²) in [5.41, 5.74) is 5.07. The van der Waals surface area contributed by atoms with Gasteiger partial charge in [-0.3, -0.25) is 0 Å². The molecule has 0 fully saturated rings. The highest BCUT2D eigenvalue weighted by Gasteiger charge is 2.31. The molecule has 2 amide bonds. The standard InChI is InChI=1S/C21H44N2O4/c1-5-25-21(26-6-2,27-7-3)17-14-12-10-8-9-11-13-15-19(4)16-18-23-20(22)24/h19H,5-18H2,1-4H3,(H3,22,23,24). The number of rotatable bonds is 19. The summed E-state index contributed by atoms with van der Waals surface area (Å²) in [5.74, 6) is -0.210. The first-order valence-corrected chi connectivity index (χ1v) is 10.9. The molecule has 162 valence electrons. The topological polar surface area (TPSA) is 82.8 Å². The van der Waals surface area contributed by atoms with Crippen LogP contribution in [-0.2, 0) is 14.2 Å². The maximum Gasteiger partial charge on any atom is 0.312 e. The number of nitrogens with one attached hydrogen (secondary N) is 1. The van der Waals surface area contributed by atoms with Gasteiger partial charge >= 0.3 is 6.03 Å². The Kier molecular flexibility index (Phi) is 16.7. The van der Waals surface area contributed by atoms with Crippen LogP contribution < -0.4 is 11.1 Å². The monoisotopic (exact) mass is 388 g/mol. The average molecular weight is 389 g/mol. The second-order valence-corrected chi connectivity index (χ2v) is 7.18. The van der Waals surface area contributed by atoms with Crippen molar-refractivity contribution in [1.82, 2.24) is 5.32 Å². The van der Waals surface area contributed by atoms with Gasteiger partial charge in [-0.25, -0.2) is 4.79 Å². The summed E-state index contributed by atoms with van der Waals surface area (Å²) in [7, 11) is 0. The molecule has 0 aliphatic rings. The molecule has 0 bridgehead atoms. The number of hydrogen-bond donors (Lipinski definition) is 2. The van der Waals surface area contributed by atoms with Crippen LogP contribution in [0, 0.1) is 5.92 Å². The minimum absolute atomic E-state index is 0.428. The first-order valence-electron chi connectivity index (χ1n) is 10.9. The lowest BCUT2D eigenvalue weighted by Gasteiger charge is -2.32. The molecule has 0 aliphatic heterocycles. The minimum atomic E-state index is -0.849. The molecule has 6 heteroatoms. The van der Waals surface area contributed by atoms with Crippen molar-refractivity contribution in [2.45, 2.75) is 97.9 Å². The Labute approximate surface area is 166 Å². The highest BCUT2D eigenvalue weighted by Crippen LogP contribution is 2.24. The van der Waals surface area contributed by atoms with Crippen LogP contribution in [0.25, 0.3) is 0 Å². The van der Waals surface area contributed by atoms with Crippen molar-refractivity contribution < 1.29 is 19.0 Å². The lowest BCUT2D eigenvalue weighted by Crippen LogP contribution is -2.39. The largest absolute Gasteiger partial charge is 0.352 e. The Morgan fingerprint density at radius 1 is 0.852 bits per heavy atom. The van der Waals surface area contributed by atoms with E-state index in [1.807, 2.05) is 20.8 Å². The van der Waals surface area contributed by atoms with E-state index in [4.69, 9.17) is 19.9 Å². The van der Waals surface area contributed by atoms with Crippen LogP contribution in [0.5, 0.6) is 0 Å². The summed E-state index contributed by atoms with van der Waals surface area (Å²) in [6.07, 6.45) is 11.6. The third kappa shape index (κ3) is 14.8. The maximum absolute atomic E-state index is 10.6. The third-order valence-electron chi connectivity index (χ3n) is 4.71. The summed E-state index contributed by atoms with van der Waals surface area (Å²) in [6, 6.07) is -0.428. The Bertz CT molecular complexity index is 336. The van der Waals surface area contributed by atoms with Gasteiger partial charge in [0.05, 0.1) is 0 Å². The van der Waals surface area contributed by atoms with E-state index in [-0.39, 0.29) is 0 Å². The van der Waals surface area contributed by atoms with Gasteiger partial charge in [-0.15, -0.1) is 0 Å². The second kappa shape index (κ2) is 17.3. The van der Waals surface area contributed by atoms with Crippen molar-refractivity contribution in [1.29, 1.82) is 0 Å². The molecule has 27 heavy (non-hydrogen) atoms. The number of hydrogen-bond acceptors (Lipinski definition) is 4. The molecule has 0 heterocycles. The number of primary amides is 1. The minimum Gasteiger partial charge on any atom is -0.352 e. The van der Waals surface area contributed by atoms with Crippen LogP contribution in [-0.4, -0.2) is 38.4 Å². The molecule has 0 aliphatic carbocycles. The zero-order valence-electron chi connectivity index (χ0n) is 18.2. The summed E-state index contributed by atoms with van der Waals surface area (Å²) in [5, 5.41) is 2.65. The van der Waals surface area contributed by atoms with Gasteiger partial charge in [-0.2, -0.15) is 0 Å². The predicted molar refractivity (Wildman–Crippen MR) is 111 cm³/mol. The SMILES string of the molecule is CCOC(CCCCCCCCCC(C)CCNC(N)=O)(OCC)OCC. The molecule has 0 aromatic carbocycles. The van der Waals surface area contributed by atoms with Crippen molar-refractivity contribution in [2.75, 3.05) is 26.4 Å². The molecule has 1 atom stereocenters. The van der Waals surface area contributed by atoms with Gasteiger partial charge in [-0.05, 0) is 39.5 Å². The summed E-state index contributed by atoms with van der Waals surface area (Å²) >= 11 is 0. The van der Waals surface area contributed by atoms with E-state index in [0.717, 1.165) is 19.3 Å². The fourth-order valence-electron chi connectivity index (χ4n) is 3.31. The summed E-state index contributed by atoms with van der Waals surface area (Å²) in [4.78, 5) is 10.6. The molecule has 0 rings (SSSR count). The fraction of sp³-hybridized carbons (Fsp3) is 0.952. The van der Waals surface area contributed by atoms with E-state index in [1.54, 1.807) is 0 Å². The van der Waals surface area contributed by atoms with Gasteiger partial charge in [0.25, 0.3) is 5.97 Å². The van der Waals surface area contributed by atoms with E-state index in [1.165, 1.54) is 44.9 Å². The van der Waals surface area contributed by atoms with E-state index in [9.17, 15) is 4.79 Å². The van der Waals surface area contributed by atoms with Crippen LogP contribution in [0.3, 0.4) is 0 Å². The highest BCUT2D eigenvalue weighted by molar-refractivity contribution is 5.71. The number of amides is 2. The zero-order valence-corrected chi connectivity index (χ0v) is 18.2. The average Bonchev–Trinajstić information content (AvgIpc) is 2.60. The Morgan fingerprint density at radius 3 is 1.81 bits per heavy atom. The van der Waals surface area contributed by atoms with Crippen LogP contribution in [0.15, 0.2) is 0 Å². The number of carbonyl (C=O) groups is 1. The van der Waals surface area contributed by atoms with E-state index in [2.05, 4.69) is 12.2 Å². The molecule has 0 saturated heterocycles. The van der Waals surface area contributed by atoms with Crippen molar-refractivity contribution in [3.05, 3.63) is 0 Å². The summed E-state index contributed by atoms with van der Waals surface area (Å²) < 4.78 is 17.3. The molecule has 3 N–H and O–H groups in total. The van der Waals surface area contributed by atoms with Crippen LogP contribution in [0.2, 0.25) is 0 Å². The molecule has 0 aromatic rings. The quantitative estimate of drug-likeness (QED) is 0.242. The van der Waals surface area contributed by atoms with Gasteiger partial charge in [0.2, 0.25) is 0 Å². The van der Waals surface area contributed by atoms with Crippen LogP contribution >= 0.6 is 0 Å². The molecule has 0 spiro atoms. The van der Waals surface area contributed by atoms with Crippen LogP contribution in [0.1, 0.15) is 91.9 Å². The lowest BCUT2D eigenvalue weighted by molar-refractivity contribution is -0.380. The molecule has 0 saturated carbocycles. The van der Waals surface area contributed by atoms with E-state index in [0.29, 0.717) is 32.3 Å². The summed E-state index contributed by atoms with van der Waals surface area (Å²) in [6.45, 7) is 10.6. The first kappa shape index (κ1) is 26.1. The number of unbranched alkanes of at least 4 members (excludes halogenated alkanes) is 6. The van der Waals surface area contributed by atoms with Crippen molar-refractivity contribution in [2.24, 2.45) is 11.7 Å². The molecule has 1 unspecified atom stereocenters. The number of nitrogens with two attached hydrogens (primary N) is 1. The van der Waals surface area contributed by atoms with E-state index >= 15 is 0 Å².